The first-order chi connectivity index (χ1) is 7.10. The summed E-state index contributed by atoms with van der Waals surface area (Å²) in [4.78, 5) is 13.7. The van der Waals surface area contributed by atoms with Crippen LogP contribution in [0.25, 0.3) is 0 Å². The predicted octanol–water partition coefficient (Wildman–Crippen LogP) is 0.971. The van der Waals surface area contributed by atoms with Crippen molar-refractivity contribution in [3.63, 3.8) is 0 Å². The Hall–Kier alpha value is -0.610. The molecule has 0 spiro atoms. The van der Waals surface area contributed by atoms with Crippen LogP contribution in [0.5, 0.6) is 0 Å². The summed E-state index contributed by atoms with van der Waals surface area (Å²) in [5, 5.41) is 3.09. The molecule has 1 aliphatic carbocycles. The minimum atomic E-state index is -0.145. The minimum absolute atomic E-state index is 0.0203. The standard InChI is InChI=1S/C11H22N2O2/c1-13(2)11(7-5-4-6-8-11)12-10(14)9-15-3/h4-9H2,1-3H3,(H,12,14). The number of methoxy groups -OCH3 is 1. The van der Waals surface area contributed by atoms with Crippen LogP contribution < -0.4 is 5.32 Å². The van der Waals surface area contributed by atoms with Crippen molar-refractivity contribution in [2.24, 2.45) is 0 Å². The van der Waals surface area contributed by atoms with Crippen LogP contribution in [0.3, 0.4) is 0 Å². The second kappa shape index (κ2) is 5.47. The van der Waals surface area contributed by atoms with Gasteiger partial charge in [-0.2, -0.15) is 0 Å². The summed E-state index contributed by atoms with van der Waals surface area (Å²) in [7, 11) is 5.60. The monoisotopic (exact) mass is 214 g/mol. The molecule has 0 aromatic heterocycles. The van der Waals surface area contributed by atoms with Gasteiger partial charge < -0.3 is 10.1 Å². The highest BCUT2D eigenvalue weighted by molar-refractivity contribution is 5.78. The average molecular weight is 214 g/mol. The molecule has 15 heavy (non-hydrogen) atoms. The van der Waals surface area contributed by atoms with Gasteiger partial charge in [0.15, 0.2) is 0 Å². The van der Waals surface area contributed by atoms with Crippen molar-refractivity contribution < 1.29 is 9.53 Å². The van der Waals surface area contributed by atoms with E-state index < -0.39 is 0 Å². The number of carbonyl (C=O) groups is 1. The number of amides is 1. The number of carbonyl (C=O) groups excluding carboxylic acids is 1. The van der Waals surface area contributed by atoms with Crippen LogP contribution in [0.4, 0.5) is 0 Å². The fourth-order valence-electron chi connectivity index (χ4n) is 2.25. The van der Waals surface area contributed by atoms with E-state index in [9.17, 15) is 4.79 Å². The van der Waals surface area contributed by atoms with Crippen molar-refractivity contribution in [2.45, 2.75) is 37.8 Å². The van der Waals surface area contributed by atoms with Gasteiger partial charge in [0, 0.05) is 7.11 Å². The molecule has 1 rings (SSSR count). The SMILES string of the molecule is COCC(=O)NC1(N(C)C)CCCCC1. The molecule has 0 heterocycles. The van der Waals surface area contributed by atoms with Crippen LogP contribution in [-0.4, -0.2) is 44.3 Å². The second-order valence-corrected chi connectivity index (χ2v) is 4.47. The first-order valence-corrected chi connectivity index (χ1v) is 5.58. The molecule has 1 amide bonds. The van der Waals surface area contributed by atoms with Crippen LogP contribution in [0.2, 0.25) is 0 Å². The van der Waals surface area contributed by atoms with Crippen LogP contribution in [0.1, 0.15) is 32.1 Å². The predicted molar refractivity (Wildman–Crippen MR) is 59.5 cm³/mol. The molecule has 0 aromatic carbocycles. The zero-order chi connectivity index (χ0) is 11.3. The zero-order valence-electron chi connectivity index (χ0n) is 10.0. The molecule has 88 valence electrons. The van der Waals surface area contributed by atoms with Crippen LogP contribution >= 0.6 is 0 Å². The first-order valence-electron chi connectivity index (χ1n) is 5.58. The number of ether oxygens (including phenoxy) is 1. The smallest absolute Gasteiger partial charge is 0.247 e. The van der Waals surface area contributed by atoms with E-state index in [0.717, 1.165) is 12.8 Å². The third-order valence-electron chi connectivity index (χ3n) is 3.18. The summed E-state index contributed by atoms with van der Waals surface area (Å²) in [6.45, 7) is 0.148. The highest BCUT2D eigenvalue weighted by atomic mass is 16.5. The summed E-state index contributed by atoms with van der Waals surface area (Å²) in [6, 6.07) is 0. The average Bonchev–Trinajstić information content (AvgIpc) is 2.19. The molecule has 0 radical (unpaired) electrons. The van der Waals surface area contributed by atoms with Crippen molar-refractivity contribution in [1.29, 1.82) is 0 Å². The van der Waals surface area contributed by atoms with Gasteiger partial charge in [-0.25, -0.2) is 0 Å². The Morgan fingerprint density at radius 2 is 1.93 bits per heavy atom. The number of nitrogens with zero attached hydrogens (tertiary/aromatic N) is 1. The van der Waals surface area contributed by atoms with E-state index in [1.807, 2.05) is 14.1 Å². The molecule has 1 fully saturated rings. The van der Waals surface area contributed by atoms with E-state index >= 15 is 0 Å². The molecule has 1 aliphatic rings. The summed E-state index contributed by atoms with van der Waals surface area (Å²) in [5.74, 6) is -0.0203. The van der Waals surface area contributed by atoms with Gasteiger partial charge in [-0.15, -0.1) is 0 Å². The number of rotatable bonds is 4. The summed E-state index contributed by atoms with van der Waals surface area (Å²) < 4.78 is 4.84. The van der Waals surface area contributed by atoms with Gasteiger partial charge >= 0.3 is 0 Å². The highest BCUT2D eigenvalue weighted by Crippen LogP contribution is 2.29. The lowest BCUT2D eigenvalue weighted by Crippen LogP contribution is -2.59. The third kappa shape index (κ3) is 3.18. The Bertz CT molecular complexity index is 211. The van der Waals surface area contributed by atoms with Gasteiger partial charge in [0.05, 0.1) is 5.66 Å². The largest absolute Gasteiger partial charge is 0.375 e. The highest BCUT2D eigenvalue weighted by Gasteiger charge is 2.35. The number of hydrogen-bond acceptors (Lipinski definition) is 3. The molecule has 0 bridgehead atoms. The van der Waals surface area contributed by atoms with E-state index in [0.29, 0.717) is 0 Å². The molecule has 1 N–H and O–H groups in total. The van der Waals surface area contributed by atoms with Gasteiger partial charge in [-0.3, -0.25) is 9.69 Å². The van der Waals surface area contributed by atoms with Crippen molar-refractivity contribution in [3.8, 4) is 0 Å². The van der Waals surface area contributed by atoms with E-state index in [1.165, 1.54) is 19.3 Å². The van der Waals surface area contributed by atoms with Crippen LogP contribution in [-0.2, 0) is 9.53 Å². The van der Waals surface area contributed by atoms with Crippen molar-refractivity contribution in [1.82, 2.24) is 10.2 Å². The molecule has 0 aromatic rings. The lowest BCUT2D eigenvalue weighted by atomic mass is 9.88. The lowest BCUT2D eigenvalue weighted by molar-refractivity contribution is -0.129. The number of nitrogens with one attached hydrogen (secondary N) is 1. The fraction of sp³-hybridized carbons (Fsp3) is 0.909. The number of hydrogen-bond donors (Lipinski definition) is 1. The topological polar surface area (TPSA) is 41.6 Å². The van der Waals surface area contributed by atoms with E-state index in [4.69, 9.17) is 4.74 Å². The maximum Gasteiger partial charge on any atom is 0.247 e. The molecule has 4 heteroatoms. The summed E-state index contributed by atoms with van der Waals surface area (Å²) in [6.07, 6.45) is 5.72. The Labute approximate surface area is 92.0 Å². The molecular weight excluding hydrogens is 192 g/mol. The van der Waals surface area contributed by atoms with Crippen LogP contribution in [0, 0.1) is 0 Å². The Balaban J connectivity index is 2.60. The van der Waals surface area contributed by atoms with Gasteiger partial charge in [0.25, 0.3) is 0 Å². The summed E-state index contributed by atoms with van der Waals surface area (Å²) >= 11 is 0. The Kier molecular flexibility index (Phi) is 4.54. The van der Waals surface area contributed by atoms with E-state index in [-0.39, 0.29) is 18.2 Å². The van der Waals surface area contributed by atoms with Gasteiger partial charge in [0.2, 0.25) is 5.91 Å². The van der Waals surface area contributed by atoms with Crippen LogP contribution in [0.15, 0.2) is 0 Å². The molecule has 0 saturated heterocycles. The van der Waals surface area contributed by atoms with E-state index in [1.54, 1.807) is 7.11 Å². The maximum atomic E-state index is 11.6. The summed E-state index contributed by atoms with van der Waals surface area (Å²) in [5.41, 5.74) is -0.145. The van der Waals surface area contributed by atoms with Crippen molar-refractivity contribution >= 4 is 5.91 Å². The molecular formula is C11H22N2O2. The van der Waals surface area contributed by atoms with E-state index in [2.05, 4.69) is 10.2 Å². The second-order valence-electron chi connectivity index (χ2n) is 4.47. The Morgan fingerprint density at radius 1 is 1.33 bits per heavy atom. The normalized spacial score (nSPS) is 20.3. The fourth-order valence-corrected chi connectivity index (χ4v) is 2.25. The van der Waals surface area contributed by atoms with Crippen molar-refractivity contribution in [3.05, 3.63) is 0 Å². The first kappa shape index (κ1) is 12.5. The van der Waals surface area contributed by atoms with Gasteiger partial charge in [-0.05, 0) is 39.8 Å². The third-order valence-corrected chi connectivity index (χ3v) is 3.18. The van der Waals surface area contributed by atoms with Crippen molar-refractivity contribution in [2.75, 3.05) is 27.8 Å². The molecule has 4 nitrogen and oxygen atoms in total. The zero-order valence-corrected chi connectivity index (χ0v) is 10.0. The lowest BCUT2D eigenvalue weighted by Gasteiger charge is -2.43. The molecule has 0 aliphatic heterocycles. The Morgan fingerprint density at radius 3 is 2.40 bits per heavy atom. The maximum absolute atomic E-state index is 11.6. The molecule has 1 saturated carbocycles. The molecule has 0 unspecified atom stereocenters. The van der Waals surface area contributed by atoms with Gasteiger partial charge in [0.1, 0.15) is 6.61 Å². The quantitative estimate of drug-likeness (QED) is 0.709. The minimum Gasteiger partial charge on any atom is -0.375 e. The molecule has 0 atom stereocenters. The van der Waals surface area contributed by atoms with Gasteiger partial charge in [-0.1, -0.05) is 6.42 Å².